The number of hydrogen-bond donors (Lipinski definition) is 3. The monoisotopic (exact) mass is 276 g/mol. The molecular weight excluding hydrogens is 256 g/mol. The molecule has 1 unspecified atom stereocenters. The molecule has 3 N–H and O–H groups in total. The highest BCUT2D eigenvalue weighted by Crippen LogP contribution is 2.39. The van der Waals surface area contributed by atoms with E-state index in [1.165, 1.54) is 0 Å². The van der Waals surface area contributed by atoms with Crippen molar-refractivity contribution in [3.8, 4) is 0 Å². The summed E-state index contributed by atoms with van der Waals surface area (Å²) in [5, 5.41) is 14.6. The van der Waals surface area contributed by atoms with Crippen LogP contribution >= 0.6 is 0 Å². The summed E-state index contributed by atoms with van der Waals surface area (Å²) in [7, 11) is 0. The first-order chi connectivity index (χ1) is 9.41. The number of benzene rings is 1. The van der Waals surface area contributed by atoms with Crippen molar-refractivity contribution >= 4 is 12.0 Å². The summed E-state index contributed by atoms with van der Waals surface area (Å²) in [5.74, 6) is -0.949. The van der Waals surface area contributed by atoms with Crippen LogP contribution in [0.25, 0.3) is 0 Å². The number of aryl methyl sites for hydroxylation is 1. The molecule has 0 aromatic heterocycles. The third-order valence-corrected chi connectivity index (χ3v) is 3.75. The molecule has 0 bridgehead atoms. The van der Waals surface area contributed by atoms with E-state index in [4.69, 9.17) is 0 Å². The Labute approximate surface area is 118 Å². The van der Waals surface area contributed by atoms with Gasteiger partial charge in [-0.3, -0.25) is 0 Å². The lowest BCUT2D eigenvalue weighted by Gasteiger charge is -2.26. The maximum Gasteiger partial charge on any atom is 0.329 e. The van der Waals surface area contributed by atoms with Crippen LogP contribution in [0.15, 0.2) is 24.3 Å². The molecule has 0 spiro atoms. The van der Waals surface area contributed by atoms with Gasteiger partial charge in [0, 0.05) is 6.54 Å². The molecule has 0 aliphatic heterocycles. The van der Waals surface area contributed by atoms with Gasteiger partial charge in [-0.2, -0.15) is 0 Å². The van der Waals surface area contributed by atoms with Crippen molar-refractivity contribution in [2.24, 2.45) is 5.92 Å². The van der Waals surface area contributed by atoms with E-state index in [0.29, 0.717) is 6.54 Å². The smallest absolute Gasteiger partial charge is 0.329 e. The fourth-order valence-corrected chi connectivity index (χ4v) is 2.28. The summed E-state index contributed by atoms with van der Waals surface area (Å²) in [6.07, 6.45) is 1.70. The summed E-state index contributed by atoms with van der Waals surface area (Å²) in [6.45, 7) is 3.94. The number of rotatable bonds is 5. The summed E-state index contributed by atoms with van der Waals surface area (Å²) in [4.78, 5) is 23.2. The largest absolute Gasteiger partial charge is 0.480 e. The predicted molar refractivity (Wildman–Crippen MR) is 75.3 cm³/mol. The van der Waals surface area contributed by atoms with Crippen LogP contribution in [0.5, 0.6) is 0 Å². The van der Waals surface area contributed by atoms with Crippen LogP contribution in [-0.2, 0) is 11.3 Å². The second kappa shape index (κ2) is 5.53. The van der Waals surface area contributed by atoms with E-state index in [1.54, 1.807) is 6.92 Å². The molecule has 1 aromatic rings. The summed E-state index contributed by atoms with van der Waals surface area (Å²) in [5.41, 5.74) is 0.943. The van der Waals surface area contributed by atoms with Gasteiger partial charge in [0.25, 0.3) is 0 Å². The summed E-state index contributed by atoms with van der Waals surface area (Å²) < 4.78 is 0. The molecule has 1 aliphatic carbocycles. The van der Waals surface area contributed by atoms with E-state index < -0.39 is 17.5 Å². The minimum atomic E-state index is -1.17. The zero-order valence-electron chi connectivity index (χ0n) is 11.8. The van der Waals surface area contributed by atoms with Crippen LogP contribution in [0.4, 0.5) is 4.79 Å². The van der Waals surface area contributed by atoms with Crippen molar-refractivity contribution in [3.63, 3.8) is 0 Å². The summed E-state index contributed by atoms with van der Waals surface area (Å²) >= 11 is 0. The molecule has 2 rings (SSSR count). The Kier molecular flexibility index (Phi) is 3.97. The number of carboxylic acids is 1. The van der Waals surface area contributed by atoms with Crippen LogP contribution in [0, 0.1) is 12.8 Å². The lowest BCUT2D eigenvalue weighted by Crippen LogP contribution is -2.56. The third kappa shape index (κ3) is 3.29. The fourth-order valence-electron chi connectivity index (χ4n) is 2.28. The van der Waals surface area contributed by atoms with E-state index in [2.05, 4.69) is 10.6 Å². The minimum absolute atomic E-state index is 0.0321. The van der Waals surface area contributed by atoms with Gasteiger partial charge >= 0.3 is 12.0 Å². The van der Waals surface area contributed by atoms with Gasteiger partial charge in [-0.05, 0) is 38.2 Å². The second-order valence-corrected chi connectivity index (χ2v) is 5.58. The maximum atomic E-state index is 11.9. The molecule has 108 valence electrons. The normalized spacial score (nSPS) is 17.1. The highest BCUT2D eigenvalue weighted by molar-refractivity contribution is 5.86. The van der Waals surface area contributed by atoms with Crippen molar-refractivity contribution in [2.45, 2.75) is 38.8 Å². The zero-order chi connectivity index (χ0) is 14.8. The molecule has 1 saturated carbocycles. The van der Waals surface area contributed by atoms with Gasteiger partial charge in [0.2, 0.25) is 0 Å². The Morgan fingerprint density at radius 1 is 1.40 bits per heavy atom. The number of carbonyl (C=O) groups excluding carboxylic acids is 1. The Morgan fingerprint density at radius 3 is 2.65 bits per heavy atom. The topological polar surface area (TPSA) is 78.4 Å². The van der Waals surface area contributed by atoms with Gasteiger partial charge in [0.15, 0.2) is 0 Å². The van der Waals surface area contributed by atoms with Crippen LogP contribution in [0.2, 0.25) is 0 Å². The Morgan fingerprint density at radius 2 is 2.10 bits per heavy atom. The van der Waals surface area contributed by atoms with Crippen LogP contribution in [-0.4, -0.2) is 22.6 Å². The summed E-state index contributed by atoms with van der Waals surface area (Å²) in [6, 6.07) is 7.37. The van der Waals surface area contributed by atoms with Crippen molar-refractivity contribution in [1.82, 2.24) is 10.6 Å². The quantitative estimate of drug-likeness (QED) is 0.770. The van der Waals surface area contributed by atoms with E-state index in [-0.39, 0.29) is 5.92 Å². The molecule has 1 atom stereocenters. The molecule has 2 amide bonds. The molecule has 20 heavy (non-hydrogen) atoms. The Hall–Kier alpha value is -2.04. The van der Waals surface area contributed by atoms with Gasteiger partial charge in [0.1, 0.15) is 5.54 Å². The van der Waals surface area contributed by atoms with Gasteiger partial charge in [0.05, 0.1) is 0 Å². The van der Waals surface area contributed by atoms with E-state index in [1.807, 2.05) is 31.2 Å². The average Bonchev–Trinajstić information content (AvgIpc) is 3.20. The van der Waals surface area contributed by atoms with Gasteiger partial charge < -0.3 is 15.7 Å². The first-order valence-electron chi connectivity index (χ1n) is 6.77. The molecule has 1 aromatic carbocycles. The molecule has 1 fully saturated rings. The van der Waals surface area contributed by atoms with Gasteiger partial charge in [-0.25, -0.2) is 9.59 Å². The highest BCUT2D eigenvalue weighted by atomic mass is 16.4. The third-order valence-electron chi connectivity index (χ3n) is 3.75. The minimum Gasteiger partial charge on any atom is -0.480 e. The van der Waals surface area contributed by atoms with Crippen molar-refractivity contribution < 1.29 is 14.7 Å². The first-order valence-corrected chi connectivity index (χ1v) is 6.77. The molecule has 0 radical (unpaired) electrons. The molecule has 1 aliphatic rings. The maximum absolute atomic E-state index is 11.9. The molecule has 0 heterocycles. The van der Waals surface area contributed by atoms with Crippen LogP contribution < -0.4 is 10.6 Å². The second-order valence-electron chi connectivity index (χ2n) is 5.58. The Bertz CT molecular complexity index is 526. The molecular formula is C15H20N2O3. The number of amides is 2. The number of urea groups is 1. The predicted octanol–water partition coefficient (Wildman–Crippen LogP) is 2.05. The van der Waals surface area contributed by atoms with Gasteiger partial charge in [-0.15, -0.1) is 0 Å². The number of hydrogen-bond acceptors (Lipinski definition) is 2. The van der Waals surface area contributed by atoms with Crippen molar-refractivity contribution in [2.75, 3.05) is 0 Å². The number of carboxylic acid groups (broad SMARTS) is 1. The van der Waals surface area contributed by atoms with Crippen LogP contribution in [0.3, 0.4) is 0 Å². The average molecular weight is 276 g/mol. The molecule has 5 heteroatoms. The number of carbonyl (C=O) groups is 2. The lowest BCUT2D eigenvalue weighted by molar-refractivity contribution is -0.144. The van der Waals surface area contributed by atoms with Crippen molar-refractivity contribution in [3.05, 3.63) is 35.4 Å². The Balaban J connectivity index is 1.90. The van der Waals surface area contributed by atoms with E-state index >= 15 is 0 Å². The van der Waals surface area contributed by atoms with E-state index in [0.717, 1.165) is 24.0 Å². The lowest BCUT2D eigenvalue weighted by atomic mass is 9.96. The fraction of sp³-hybridized carbons (Fsp3) is 0.467. The SMILES string of the molecule is Cc1cccc(CNC(=O)NC(C)(C(=O)O)C2CC2)c1. The van der Waals surface area contributed by atoms with Gasteiger partial charge in [-0.1, -0.05) is 29.8 Å². The molecule has 0 saturated heterocycles. The van der Waals surface area contributed by atoms with Crippen molar-refractivity contribution in [1.29, 1.82) is 0 Å². The molecule has 5 nitrogen and oxygen atoms in total. The number of nitrogens with one attached hydrogen (secondary N) is 2. The van der Waals surface area contributed by atoms with Crippen LogP contribution in [0.1, 0.15) is 30.9 Å². The highest BCUT2D eigenvalue weighted by Gasteiger charge is 2.48. The zero-order valence-corrected chi connectivity index (χ0v) is 11.8. The number of aliphatic carboxylic acids is 1. The first kappa shape index (κ1) is 14.4. The standard InChI is InChI=1S/C15H20N2O3/c1-10-4-3-5-11(8-10)9-16-14(20)17-15(2,13(18)19)12-6-7-12/h3-5,8,12H,6-7,9H2,1-2H3,(H,18,19)(H2,16,17,20). The van der Waals surface area contributed by atoms with E-state index in [9.17, 15) is 14.7 Å².